The zero-order chi connectivity index (χ0) is 19.9. The summed E-state index contributed by atoms with van der Waals surface area (Å²) in [7, 11) is 0. The lowest BCUT2D eigenvalue weighted by Crippen LogP contribution is -2.23. The smallest absolute Gasteiger partial charge is 0.255 e. The van der Waals surface area contributed by atoms with Gasteiger partial charge in [0.2, 0.25) is 0 Å². The van der Waals surface area contributed by atoms with Gasteiger partial charge in [-0.15, -0.1) is 0 Å². The van der Waals surface area contributed by atoms with Gasteiger partial charge >= 0.3 is 0 Å². The number of para-hydroxylation sites is 1. The highest BCUT2D eigenvalue weighted by Crippen LogP contribution is 2.24. The van der Waals surface area contributed by atoms with E-state index in [0.717, 1.165) is 16.8 Å². The Labute approximate surface area is 165 Å². The molecule has 4 heteroatoms. The number of hydrogen-bond donors (Lipinski definition) is 2. The molecule has 0 bridgehead atoms. The van der Waals surface area contributed by atoms with Crippen LogP contribution in [0.1, 0.15) is 51.6 Å². The highest BCUT2D eigenvalue weighted by Gasteiger charge is 2.13. The molecule has 0 atom stereocenters. The van der Waals surface area contributed by atoms with Crippen LogP contribution in [0.4, 0.5) is 5.69 Å². The molecule has 0 aliphatic carbocycles. The molecule has 0 aliphatic rings. The third kappa shape index (κ3) is 4.86. The van der Waals surface area contributed by atoms with E-state index in [4.69, 9.17) is 0 Å². The van der Waals surface area contributed by atoms with Crippen LogP contribution >= 0.6 is 0 Å². The second kappa shape index (κ2) is 9.00. The van der Waals surface area contributed by atoms with Crippen LogP contribution in [0.2, 0.25) is 0 Å². The van der Waals surface area contributed by atoms with E-state index in [-0.39, 0.29) is 11.8 Å². The van der Waals surface area contributed by atoms with Crippen molar-refractivity contribution in [1.29, 1.82) is 0 Å². The molecule has 0 saturated heterocycles. The van der Waals surface area contributed by atoms with Gasteiger partial charge in [0.05, 0.1) is 0 Å². The van der Waals surface area contributed by atoms with Gasteiger partial charge in [0.1, 0.15) is 0 Å². The molecular weight excluding hydrogens is 348 g/mol. The van der Waals surface area contributed by atoms with Crippen LogP contribution in [0, 0.1) is 0 Å². The molecular formula is C24H24N2O2. The molecule has 0 fully saturated rings. The topological polar surface area (TPSA) is 58.2 Å². The van der Waals surface area contributed by atoms with Crippen molar-refractivity contribution in [2.24, 2.45) is 0 Å². The molecule has 3 aromatic rings. The fourth-order valence-corrected chi connectivity index (χ4v) is 2.99. The normalized spacial score (nSPS) is 10.5. The summed E-state index contributed by atoms with van der Waals surface area (Å²) in [6, 6.07) is 24.2. The molecule has 0 radical (unpaired) electrons. The first-order chi connectivity index (χ1) is 13.5. The van der Waals surface area contributed by atoms with Crippen LogP contribution in [0.15, 0.2) is 78.9 Å². The average molecular weight is 372 g/mol. The van der Waals surface area contributed by atoms with Gasteiger partial charge in [-0.3, -0.25) is 9.59 Å². The Balaban J connectivity index is 1.70. The van der Waals surface area contributed by atoms with Crippen LogP contribution in [0.3, 0.4) is 0 Å². The minimum Gasteiger partial charge on any atom is -0.348 e. The maximum Gasteiger partial charge on any atom is 0.255 e. The summed E-state index contributed by atoms with van der Waals surface area (Å²) < 4.78 is 0. The Morgan fingerprint density at radius 3 is 2.14 bits per heavy atom. The number of nitrogens with one attached hydrogen (secondary N) is 2. The van der Waals surface area contributed by atoms with E-state index in [2.05, 4.69) is 24.5 Å². The van der Waals surface area contributed by atoms with Gasteiger partial charge in [-0.05, 0) is 41.3 Å². The summed E-state index contributed by atoms with van der Waals surface area (Å²) in [5.74, 6) is -0.140. The maximum absolute atomic E-state index is 12.7. The number of anilines is 1. The number of benzene rings is 3. The Kier molecular flexibility index (Phi) is 6.22. The van der Waals surface area contributed by atoms with Crippen LogP contribution in [-0.2, 0) is 6.54 Å². The van der Waals surface area contributed by atoms with Crippen molar-refractivity contribution in [3.05, 3.63) is 101 Å². The van der Waals surface area contributed by atoms with E-state index in [1.54, 1.807) is 24.3 Å². The van der Waals surface area contributed by atoms with Crippen LogP contribution in [-0.4, -0.2) is 11.8 Å². The molecule has 3 rings (SSSR count). The molecule has 0 aliphatic heterocycles. The highest BCUT2D eigenvalue weighted by molar-refractivity contribution is 6.06. The van der Waals surface area contributed by atoms with Crippen molar-refractivity contribution in [2.75, 3.05) is 5.32 Å². The van der Waals surface area contributed by atoms with Crippen molar-refractivity contribution < 1.29 is 9.59 Å². The molecule has 0 saturated carbocycles. The first kappa shape index (κ1) is 19.4. The SMILES string of the molecule is CC(C)c1ccccc1NC(=O)c1cccc(C(=O)NCc2ccccc2)c1. The summed E-state index contributed by atoms with van der Waals surface area (Å²) in [6.07, 6.45) is 0. The van der Waals surface area contributed by atoms with E-state index in [1.165, 1.54) is 0 Å². The van der Waals surface area contributed by atoms with E-state index >= 15 is 0 Å². The second-order valence-electron chi connectivity index (χ2n) is 6.95. The van der Waals surface area contributed by atoms with Gasteiger partial charge in [-0.2, -0.15) is 0 Å². The Morgan fingerprint density at radius 2 is 1.43 bits per heavy atom. The summed E-state index contributed by atoms with van der Waals surface area (Å²) in [5.41, 5.74) is 3.80. The molecule has 2 N–H and O–H groups in total. The maximum atomic E-state index is 12.7. The van der Waals surface area contributed by atoms with Crippen molar-refractivity contribution in [2.45, 2.75) is 26.3 Å². The quantitative estimate of drug-likeness (QED) is 0.640. The molecule has 3 aromatic carbocycles. The van der Waals surface area contributed by atoms with Gasteiger partial charge in [-0.25, -0.2) is 0 Å². The monoisotopic (exact) mass is 372 g/mol. The number of carbonyl (C=O) groups is 2. The van der Waals surface area contributed by atoms with Crippen LogP contribution < -0.4 is 10.6 Å². The number of hydrogen-bond acceptors (Lipinski definition) is 2. The number of rotatable bonds is 6. The molecule has 0 heterocycles. The number of carbonyl (C=O) groups excluding carboxylic acids is 2. The van der Waals surface area contributed by atoms with Crippen molar-refractivity contribution in [1.82, 2.24) is 5.32 Å². The van der Waals surface area contributed by atoms with Crippen LogP contribution in [0.25, 0.3) is 0 Å². The number of amides is 2. The zero-order valence-corrected chi connectivity index (χ0v) is 16.1. The Hall–Kier alpha value is -3.40. The highest BCUT2D eigenvalue weighted by atomic mass is 16.2. The van der Waals surface area contributed by atoms with Gasteiger partial charge in [0.25, 0.3) is 11.8 Å². The second-order valence-corrected chi connectivity index (χ2v) is 6.95. The molecule has 0 unspecified atom stereocenters. The molecule has 0 spiro atoms. The Morgan fingerprint density at radius 1 is 0.786 bits per heavy atom. The average Bonchev–Trinajstić information content (AvgIpc) is 2.73. The Bertz CT molecular complexity index is 965. The van der Waals surface area contributed by atoms with E-state index < -0.39 is 0 Å². The lowest BCUT2D eigenvalue weighted by atomic mass is 10.0. The molecule has 142 valence electrons. The summed E-state index contributed by atoms with van der Waals surface area (Å²) in [4.78, 5) is 25.2. The first-order valence-corrected chi connectivity index (χ1v) is 9.37. The fraction of sp³-hybridized carbons (Fsp3) is 0.167. The third-order valence-corrected chi connectivity index (χ3v) is 4.51. The summed E-state index contributed by atoms with van der Waals surface area (Å²) in [6.45, 7) is 4.61. The standard InChI is InChI=1S/C24H24N2O2/c1-17(2)21-13-6-7-14-22(21)26-24(28)20-12-8-11-19(15-20)23(27)25-16-18-9-4-3-5-10-18/h3-15,17H,16H2,1-2H3,(H,25,27)(H,26,28). The van der Waals surface area contributed by atoms with Crippen molar-refractivity contribution in [3.63, 3.8) is 0 Å². The van der Waals surface area contributed by atoms with Gasteiger partial charge in [-0.1, -0.05) is 68.4 Å². The molecule has 2 amide bonds. The van der Waals surface area contributed by atoms with E-state index in [1.807, 2.05) is 54.6 Å². The van der Waals surface area contributed by atoms with Gasteiger partial charge in [0, 0.05) is 23.4 Å². The van der Waals surface area contributed by atoms with E-state index in [9.17, 15) is 9.59 Å². The molecule has 28 heavy (non-hydrogen) atoms. The van der Waals surface area contributed by atoms with E-state index in [0.29, 0.717) is 23.6 Å². The predicted octanol–water partition coefficient (Wildman–Crippen LogP) is 4.99. The lowest BCUT2D eigenvalue weighted by molar-refractivity contribution is 0.0951. The van der Waals surface area contributed by atoms with Gasteiger partial charge < -0.3 is 10.6 Å². The van der Waals surface area contributed by atoms with Crippen molar-refractivity contribution in [3.8, 4) is 0 Å². The fourth-order valence-electron chi connectivity index (χ4n) is 2.99. The van der Waals surface area contributed by atoms with Gasteiger partial charge in [0.15, 0.2) is 0 Å². The molecule has 4 nitrogen and oxygen atoms in total. The predicted molar refractivity (Wildman–Crippen MR) is 113 cm³/mol. The van der Waals surface area contributed by atoms with Crippen LogP contribution in [0.5, 0.6) is 0 Å². The molecule has 0 aromatic heterocycles. The summed E-state index contributed by atoms with van der Waals surface area (Å²) >= 11 is 0. The van der Waals surface area contributed by atoms with Crippen molar-refractivity contribution >= 4 is 17.5 Å². The lowest BCUT2D eigenvalue weighted by Gasteiger charge is -2.14. The summed E-state index contributed by atoms with van der Waals surface area (Å²) in [5, 5.41) is 5.85. The zero-order valence-electron chi connectivity index (χ0n) is 16.1. The first-order valence-electron chi connectivity index (χ1n) is 9.37. The minimum atomic E-state index is -0.231. The largest absolute Gasteiger partial charge is 0.348 e. The minimum absolute atomic E-state index is 0.207. The third-order valence-electron chi connectivity index (χ3n) is 4.51.